The molecule has 7 heteroatoms. The lowest BCUT2D eigenvalue weighted by Gasteiger charge is -2.30. The smallest absolute Gasteiger partial charge is 0.271 e. The van der Waals surface area contributed by atoms with Gasteiger partial charge in [0.25, 0.3) is 5.56 Å². The quantitative estimate of drug-likeness (QED) is 0.777. The Balaban J connectivity index is 0.00000208. The Morgan fingerprint density at radius 3 is 2.79 bits per heavy atom. The number of ether oxygens (including phenoxy) is 1. The zero-order chi connectivity index (χ0) is 16.2. The van der Waals surface area contributed by atoms with E-state index in [9.17, 15) is 10.1 Å². The molecule has 24 heavy (non-hydrogen) atoms. The Morgan fingerprint density at radius 2 is 2.17 bits per heavy atom. The molecule has 2 heterocycles. The molecule has 0 atom stereocenters. The van der Waals surface area contributed by atoms with E-state index in [1.807, 2.05) is 31.2 Å². The van der Waals surface area contributed by atoms with Crippen molar-refractivity contribution in [2.75, 3.05) is 31.6 Å². The van der Waals surface area contributed by atoms with Crippen LogP contribution in [0.25, 0.3) is 10.9 Å². The maximum Gasteiger partial charge on any atom is 0.271 e. The third-order valence-corrected chi connectivity index (χ3v) is 4.08. The van der Waals surface area contributed by atoms with Crippen molar-refractivity contribution in [3.63, 3.8) is 0 Å². The van der Waals surface area contributed by atoms with Crippen molar-refractivity contribution in [1.82, 2.24) is 9.88 Å². The second-order valence-electron chi connectivity index (χ2n) is 5.53. The fraction of sp³-hybridized carbons (Fsp3) is 0.412. The molecule has 0 amide bonds. The van der Waals surface area contributed by atoms with Crippen LogP contribution in [-0.2, 0) is 11.3 Å². The van der Waals surface area contributed by atoms with Crippen LogP contribution in [0.4, 0.5) is 5.69 Å². The van der Waals surface area contributed by atoms with Gasteiger partial charge in [0, 0.05) is 31.6 Å². The number of para-hydroxylation sites is 1. The zero-order valence-electron chi connectivity index (χ0n) is 13.5. The van der Waals surface area contributed by atoms with E-state index in [0.717, 1.165) is 24.0 Å². The number of nitrogens with one attached hydrogen (secondary N) is 2. The van der Waals surface area contributed by atoms with Gasteiger partial charge in [-0.25, -0.2) is 0 Å². The van der Waals surface area contributed by atoms with E-state index < -0.39 is 0 Å². The minimum Gasteiger partial charge on any atom is -0.380 e. The molecule has 1 aromatic carbocycles. The summed E-state index contributed by atoms with van der Waals surface area (Å²) >= 11 is 0. The second kappa shape index (κ2) is 8.15. The SMILES string of the molecule is CCOCCn1c(=O)c(C#N)c(NC2CNC2)c2ccccc21.Cl. The molecule has 0 aliphatic carbocycles. The van der Waals surface area contributed by atoms with Crippen LogP contribution in [0.1, 0.15) is 12.5 Å². The standard InChI is InChI=1S/C17H20N4O2.ClH/c1-2-23-8-7-21-15-6-4-3-5-13(15)16(14(9-18)17(21)22)20-12-10-19-11-12;/h3-6,12,19-20H,2,7-8,10-11H2,1H3;1H. The van der Waals surface area contributed by atoms with Crippen LogP contribution in [0.15, 0.2) is 29.1 Å². The highest BCUT2D eigenvalue weighted by Gasteiger charge is 2.22. The monoisotopic (exact) mass is 348 g/mol. The number of nitrogens with zero attached hydrogens (tertiary/aromatic N) is 2. The van der Waals surface area contributed by atoms with Gasteiger partial charge >= 0.3 is 0 Å². The fourth-order valence-electron chi connectivity index (χ4n) is 2.78. The van der Waals surface area contributed by atoms with Gasteiger partial charge in [-0.3, -0.25) is 4.79 Å². The van der Waals surface area contributed by atoms with Gasteiger partial charge in [-0.15, -0.1) is 12.4 Å². The number of aromatic nitrogens is 1. The summed E-state index contributed by atoms with van der Waals surface area (Å²) in [6, 6.07) is 10.0. The van der Waals surface area contributed by atoms with Gasteiger partial charge in [0.05, 0.1) is 23.9 Å². The van der Waals surface area contributed by atoms with Crippen LogP contribution in [-0.4, -0.2) is 36.9 Å². The number of rotatable bonds is 6. The van der Waals surface area contributed by atoms with Gasteiger partial charge < -0.3 is 19.9 Å². The number of anilines is 1. The van der Waals surface area contributed by atoms with Crippen LogP contribution < -0.4 is 16.2 Å². The van der Waals surface area contributed by atoms with E-state index in [2.05, 4.69) is 16.7 Å². The Labute approximate surface area is 146 Å². The first-order valence-corrected chi connectivity index (χ1v) is 7.87. The van der Waals surface area contributed by atoms with Crippen LogP contribution in [0, 0.1) is 11.3 Å². The van der Waals surface area contributed by atoms with Crippen molar-refractivity contribution >= 4 is 29.0 Å². The predicted molar refractivity (Wildman–Crippen MR) is 96.9 cm³/mol. The average Bonchev–Trinajstić information content (AvgIpc) is 2.53. The molecule has 0 unspecified atom stereocenters. The molecule has 3 rings (SSSR count). The van der Waals surface area contributed by atoms with Crippen LogP contribution >= 0.6 is 12.4 Å². The van der Waals surface area contributed by atoms with Crippen LogP contribution in [0.3, 0.4) is 0 Å². The Bertz CT molecular complexity index is 809. The molecule has 2 N–H and O–H groups in total. The van der Waals surface area contributed by atoms with Gasteiger partial charge in [0.1, 0.15) is 11.6 Å². The summed E-state index contributed by atoms with van der Waals surface area (Å²) in [4.78, 5) is 12.7. The van der Waals surface area contributed by atoms with Crippen molar-refractivity contribution in [2.45, 2.75) is 19.5 Å². The molecule has 1 aliphatic rings. The third kappa shape index (κ3) is 3.39. The summed E-state index contributed by atoms with van der Waals surface area (Å²) in [6.07, 6.45) is 0. The second-order valence-corrected chi connectivity index (χ2v) is 5.53. The van der Waals surface area contributed by atoms with Crippen molar-refractivity contribution in [3.05, 3.63) is 40.2 Å². The fourth-order valence-corrected chi connectivity index (χ4v) is 2.78. The Morgan fingerprint density at radius 1 is 1.42 bits per heavy atom. The summed E-state index contributed by atoms with van der Waals surface area (Å²) in [5.74, 6) is 0. The number of hydrogen-bond donors (Lipinski definition) is 2. The van der Waals surface area contributed by atoms with E-state index in [-0.39, 0.29) is 29.6 Å². The molecule has 1 aliphatic heterocycles. The van der Waals surface area contributed by atoms with Gasteiger partial charge in [0.2, 0.25) is 0 Å². The molecular formula is C17H21ClN4O2. The first-order valence-electron chi connectivity index (χ1n) is 7.87. The lowest BCUT2D eigenvalue weighted by atomic mass is 10.1. The highest BCUT2D eigenvalue weighted by atomic mass is 35.5. The molecule has 0 bridgehead atoms. The first-order chi connectivity index (χ1) is 11.3. The highest BCUT2D eigenvalue weighted by molar-refractivity contribution is 5.94. The van der Waals surface area contributed by atoms with Gasteiger partial charge in [0.15, 0.2) is 0 Å². The predicted octanol–water partition coefficient (Wildman–Crippen LogP) is 1.72. The Hall–Kier alpha value is -2.07. The van der Waals surface area contributed by atoms with Crippen molar-refractivity contribution < 1.29 is 4.74 Å². The molecular weight excluding hydrogens is 328 g/mol. The number of halogens is 1. The van der Waals surface area contributed by atoms with E-state index in [0.29, 0.717) is 25.4 Å². The van der Waals surface area contributed by atoms with Crippen LogP contribution in [0.2, 0.25) is 0 Å². The molecule has 0 spiro atoms. The third-order valence-electron chi connectivity index (χ3n) is 4.08. The summed E-state index contributed by atoms with van der Waals surface area (Å²) in [5, 5.41) is 16.9. The number of fused-ring (bicyclic) bond motifs is 1. The van der Waals surface area contributed by atoms with E-state index in [1.165, 1.54) is 0 Å². The maximum atomic E-state index is 12.7. The Kier molecular flexibility index (Phi) is 6.21. The first kappa shape index (κ1) is 18.3. The number of hydrogen-bond acceptors (Lipinski definition) is 5. The molecule has 1 aromatic heterocycles. The summed E-state index contributed by atoms with van der Waals surface area (Å²) in [7, 11) is 0. The summed E-state index contributed by atoms with van der Waals surface area (Å²) in [5.41, 5.74) is 1.38. The van der Waals surface area contributed by atoms with Crippen molar-refractivity contribution in [2.24, 2.45) is 0 Å². The van der Waals surface area contributed by atoms with Gasteiger partial charge in [-0.05, 0) is 13.0 Å². The largest absolute Gasteiger partial charge is 0.380 e. The molecule has 0 radical (unpaired) electrons. The number of nitriles is 1. The highest BCUT2D eigenvalue weighted by Crippen LogP contribution is 2.26. The molecule has 128 valence electrons. The van der Waals surface area contributed by atoms with Crippen molar-refractivity contribution in [3.8, 4) is 6.07 Å². The molecule has 0 saturated carbocycles. The molecule has 1 fully saturated rings. The minimum atomic E-state index is -0.263. The summed E-state index contributed by atoms with van der Waals surface area (Å²) < 4.78 is 7.00. The van der Waals surface area contributed by atoms with Crippen LogP contribution in [0.5, 0.6) is 0 Å². The normalized spacial score (nSPS) is 13.8. The summed E-state index contributed by atoms with van der Waals surface area (Å²) in [6.45, 7) is 5.09. The lowest BCUT2D eigenvalue weighted by Crippen LogP contribution is -2.51. The minimum absolute atomic E-state index is 0. The van der Waals surface area contributed by atoms with Crippen molar-refractivity contribution in [1.29, 1.82) is 5.26 Å². The topological polar surface area (TPSA) is 79.1 Å². The number of benzene rings is 1. The molecule has 6 nitrogen and oxygen atoms in total. The van der Waals surface area contributed by atoms with E-state index in [1.54, 1.807) is 4.57 Å². The molecule has 2 aromatic rings. The number of pyridine rings is 1. The maximum absolute atomic E-state index is 12.7. The van der Waals surface area contributed by atoms with Gasteiger partial charge in [-0.2, -0.15) is 5.26 Å². The van der Waals surface area contributed by atoms with E-state index in [4.69, 9.17) is 4.74 Å². The lowest BCUT2D eigenvalue weighted by molar-refractivity contribution is 0.139. The van der Waals surface area contributed by atoms with Gasteiger partial charge in [-0.1, -0.05) is 18.2 Å². The average molecular weight is 349 g/mol. The molecule has 1 saturated heterocycles. The van der Waals surface area contributed by atoms with E-state index >= 15 is 0 Å². The zero-order valence-corrected chi connectivity index (χ0v) is 14.4.